The molecule has 1 fully saturated rings. The average Bonchev–Trinajstić information content (AvgIpc) is 3.14. The van der Waals surface area contributed by atoms with Gasteiger partial charge in [-0.1, -0.05) is 18.2 Å². The number of ether oxygens (including phenoxy) is 2. The minimum Gasteiger partial charge on any atom is -0.447 e. The molecule has 35 heavy (non-hydrogen) atoms. The van der Waals surface area contributed by atoms with E-state index in [0.717, 1.165) is 0 Å². The number of hydrogen-bond acceptors (Lipinski definition) is 6. The lowest BCUT2D eigenvalue weighted by molar-refractivity contribution is -0.117. The van der Waals surface area contributed by atoms with Crippen LogP contribution in [-0.2, 0) is 19.1 Å². The van der Waals surface area contributed by atoms with Crippen LogP contribution in [0.15, 0.2) is 48.5 Å². The van der Waals surface area contributed by atoms with Crippen molar-refractivity contribution in [3.8, 4) is 0 Å². The summed E-state index contributed by atoms with van der Waals surface area (Å²) in [7, 11) is 1.51. The molecule has 0 aromatic heterocycles. The van der Waals surface area contributed by atoms with Crippen molar-refractivity contribution in [2.24, 2.45) is 0 Å². The average molecular weight is 481 g/mol. The molecule has 2 N–H and O–H groups in total. The predicted molar refractivity (Wildman–Crippen MR) is 129 cm³/mol. The third kappa shape index (κ3) is 4.97. The van der Waals surface area contributed by atoms with Gasteiger partial charge in [-0.3, -0.25) is 24.6 Å². The van der Waals surface area contributed by atoms with Gasteiger partial charge in [-0.15, -0.1) is 0 Å². The molecule has 4 amide bonds. The van der Waals surface area contributed by atoms with Crippen LogP contribution in [0.4, 0.5) is 21.9 Å². The fourth-order valence-electron chi connectivity index (χ4n) is 4.52. The SMILES string of the molecule is COCCOC(=O)Nc1cccc(NC(=O)CCN2C(=O)c3ccccc3N3C(=O)CCC23C)c1. The van der Waals surface area contributed by atoms with Crippen LogP contribution >= 0.6 is 0 Å². The minimum atomic E-state index is -0.810. The molecule has 0 saturated carbocycles. The zero-order valence-electron chi connectivity index (χ0n) is 19.7. The molecule has 184 valence electrons. The van der Waals surface area contributed by atoms with Crippen molar-refractivity contribution in [3.05, 3.63) is 54.1 Å². The molecular formula is C25H28N4O6. The Kier molecular flexibility index (Phi) is 7.02. The van der Waals surface area contributed by atoms with Gasteiger partial charge in [0.2, 0.25) is 11.8 Å². The molecule has 0 bridgehead atoms. The van der Waals surface area contributed by atoms with Crippen LogP contribution in [-0.4, -0.2) is 61.2 Å². The van der Waals surface area contributed by atoms with E-state index in [1.807, 2.05) is 13.0 Å². The lowest BCUT2D eigenvalue weighted by atomic mass is 9.98. The van der Waals surface area contributed by atoms with Gasteiger partial charge < -0.3 is 19.7 Å². The molecule has 2 heterocycles. The van der Waals surface area contributed by atoms with E-state index in [4.69, 9.17) is 9.47 Å². The highest BCUT2D eigenvalue weighted by atomic mass is 16.6. The maximum atomic E-state index is 13.3. The van der Waals surface area contributed by atoms with Gasteiger partial charge in [0.15, 0.2) is 0 Å². The summed E-state index contributed by atoms with van der Waals surface area (Å²) >= 11 is 0. The standard InChI is InChI=1S/C25H28N4O6/c1-25-12-10-22(31)29(25)20-9-4-3-8-19(20)23(32)28(25)13-11-21(30)26-17-6-5-7-18(16-17)27-24(33)35-15-14-34-2/h3-9,16H,10-15H2,1-2H3,(H,26,30)(H,27,33). The summed E-state index contributed by atoms with van der Waals surface area (Å²) in [6.07, 6.45) is 0.261. The number of hydrogen-bond donors (Lipinski definition) is 2. The Morgan fingerprint density at radius 2 is 1.77 bits per heavy atom. The highest BCUT2D eigenvalue weighted by molar-refractivity contribution is 6.10. The Labute approximate surface area is 203 Å². The Balaban J connectivity index is 1.40. The normalized spacial score (nSPS) is 18.7. The molecule has 4 rings (SSSR count). The van der Waals surface area contributed by atoms with Crippen LogP contribution in [0.25, 0.3) is 0 Å². The molecule has 2 aliphatic rings. The van der Waals surface area contributed by atoms with Crippen molar-refractivity contribution < 1.29 is 28.7 Å². The van der Waals surface area contributed by atoms with Crippen molar-refractivity contribution in [1.29, 1.82) is 0 Å². The minimum absolute atomic E-state index is 0.0352. The molecule has 1 saturated heterocycles. The summed E-state index contributed by atoms with van der Waals surface area (Å²) in [5.74, 6) is -0.525. The summed E-state index contributed by atoms with van der Waals surface area (Å²) in [4.78, 5) is 53.8. The van der Waals surface area contributed by atoms with E-state index >= 15 is 0 Å². The molecule has 2 aliphatic heterocycles. The zero-order valence-corrected chi connectivity index (χ0v) is 19.7. The van der Waals surface area contributed by atoms with E-state index in [1.165, 1.54) is 7.11 Å². The van der Waals surface area contributed by atoms with Crippen molar-refractivity contribution >= 4 is 40.9 Å². The van der Waals surface area contributed by atoms with Gasteiger partial charge in [0.25, 0.3) is 5.91 Å². The quantitative estimate of drug-likeness (QED) is 0.561. The first kappa shape index (κ1) is 24.2. The van der Waals surface area contributed by atoms with Gasteiger partial charge in [0.05, 0.1) is 17.9 Å². The third-order valence-electron chi connectivity index (χ3n) is 6.22. The second-order valence-electron chi connectivity index (χ2n) is 8.55. The smallest absolute Gasteiger partial charge is 0.411 e. The van der Waals surface area contributed by atoms with E-state index in [1.54, 1.807) is 52.3 Å². The van der Waals surface area contributed by atoms with Gasteiger partial charge >= 0.3 is 6.09 Å². The maximum absolute atomic E-state index is 13.3. The van der Waals surface area contributed by atoms with Gasteiger partial charge in [-0.05, 0) is 43.7 Å². The molecule has 0 radical (unpaired) electrons. The maximum Gasteiger partial charge on any atom is 0.411 e. The van der Waals surface area contributed by atoms with Gasteiger partial charge in [-0.25, -0.2) is 4.79 Å². The lowest BCUT2D eigenvalue weighted by Crippen LogP contribution is -2.62. The molecule has 2 aromatic rings. The van der Waals surface area contributed by atoms with Crippen LogP contribution < -0.4 is 15.5 Å². The predicted octanol–water partition coefficient (Wildman–Crippen LogP) is 3.21. The second kappa shape index (κ2) is 10.1. The number of benzene rings is 2. The van der Waals surface area contributed by atoms with E-state index in [-0.39, 0.29) is 37.3 Å². The molecule has 10 nitrogen and oxygen atoms in total. The number of nitrogens with zero attached hydrogens (tertiary/aromatic N) is 2. The van der Waals surface area contributed by atoms with Crippen molar-refractivity contribution in [2.75, 3.05) is 42.4 Å². The van der Waals surface area contributed by atoms with E-state index in [0.29, 0.717) is 42.1 Å². The van der Waals surface area contributed by atoms with Gasteiger partial charge in [0.1, 0.15) is 12.3 Å². The molecule has 0 aliphatic carbocycles. The number of anilines is 3. The molecule has 10 heteroatoms. The molecule has 0 spiro atoms. The van der Waals surface area contributed by atoms with E-state index in [9.17, 15) is 19.2 Å². The number of carbonyl (C=O) groups excluding carboxylic acids is 4. The number of fused-ring (bicyclic) bond motifs is 3. The monoisotopic (exact) mass is 480 g/mol. The number of carbonyl (C=O) groups is 4. The van der Waals surface area contributed by atoms with Gasteiger partial charge in [-0.2, -0.15) is 0 Å². The Bertz CT molecular complexity index is 1150. The number of para-hydroxylation sites is 1. The largest absolute Gasteiger partial charge is 0.447 e. The van der Waals surface area contributed by atoms with Crippen LogP contribution in [0.2, 0.25) is 0 Å². The summed E-state index contributed by atoms with van der Waals surface area (Å²) in [6.45, 7) is 2.44. The summed E-state index contributed by atoms with van der Waals surface area (Å²) in [6, 6.07) is 13.7. The van der Waals surface area contributed by atoms with Crippen molar-refractivity contribution in [3.63, 3.8) is 0 Å². The summed E-state index contributed by atoms with van der Waals surface area (Å²) < 4.78 is 9.81. The fourth-order valence-corrected chi connectivity index (χ4v) is 4.52. The first-order valence-corrected chi connectivity index (χ1v) is 11.4. The van der Waals surface area contributed by atoms with Crippen molar-refractivity contribution in [1.82, 2.24) is 4.90 Å². The lowest BCUT2D eigenvalue weighted by Gasteiger charge is -2.48. The Morgan fingerprint density at radius 1 is 1.03 bits per heavy atom. The third-order valence-corrected chi connectivity index (χ3v) is 6.22. The number of methoxy groups -OCH3 is 1. The summed E-state index contributed by atoms with van der Waals surface area (Å²) in [5.41, 5.74) is 1.21. The molecule has 2 aromatic carbocycles. The van der Waals surface area contributed by atoms with Crippen molar-refractivity contribution in [2.45, 2.75) is 31.8 Å². The number of amides is 4. The number of nitrogens with one attached hydrogen (secondary N) is 2. The Morgan fingerprint density at radius 3 is 2.54 bits per heavy atom. The van der Waals surface area contributed by atoms with Crippen LogP contribution in [0.3, 0.4) is 0 Å². The van der Waals surface area contributed by atoms with Crippen LogP contribution in [0, 0.1) is 0 Å². The zero-order chi connectivity index (χ0) is 25.0. The van der Waals surface area contributed by atoms with Crippen LogP contribution in [0.5, 0.6) is 0 Å². The van der Waals surface area contributed by atoms with Crippen LogP contribution in [0.1, 0.15) is 36.5 Å². The number of rotatable bonds is 8. The van der Waals surface area contributed by atoms with E-state index in [2.05, 4.69) is 10.6 Å². The topological polar surface area (TPSA) is 117 Å². The Hall–Kier alpha value is -3.92. The van der Waals surface area contributed by atoms with Gasteiger partial charge in [0, 0.05) is 37.9 Å². The first-order chi connectivity index (χ1) is 16.8. The highest BCUT2D eigenvalue weighted by Crippen LogP contribution is 2.43. The second-order valence-corrected chi connectivity index (χ2v) is 8.55. The summed E-state index contributed by atoms with van der Waals surface area (Å²) in [5, 5.41) is 5.38. The highest BCUT2D eigenvalue weighted by Gasteiger charge is 2.52. The first-order valence-electron chi connectivity index (χ1n) is 11.4. The molecule has 1 unspecified atom stereocenters. The fraction of sp³-hybridized carbons (Fsp3) is 0.360. The molecule has 1 atom stereocenters. The van der Waals surface area contributed by atoms with E-state index < -0.39 is 11.8 Å². The molecular weight excluding hydrogens is 452 g/mol.